The number of likely N-dealkylation sites (tertiary alicyclic amines) is 1. The van der Waals surface area contributed by atoms with Crippen LogP contribution in [0.5, 0.6) is 0 Å². The number of carbonyl (C=O) groups excluding carboxylic acids is 1. The first-order valence-electron chi connectivity index (χ1n) is 6.30. The third-order valence-corrected chi connectivity index (χ3v) is 5.94. The monoisotopic (exact) mass is 334 g/mol. The van der Waals surface area contributed by atoms with Crippen LogP contribution < -0.4 is 5.14 Å². The van der Waals surface area contributed by atoms with Gasteiger partial charge in [0.2, 0.25) is 15.9 Å². The minimum atomic E-state index is -3.71. The molecule has 0 aliphatic carbocycles. The number of hydrogen-bond donors (Lipinski definition) is 1. The fraction of sp³-hybridized carbons (Fsp3) is 0.583. The molecular formula is C12H18N2O5S2. The normalized spacial score (nSPS) is 22.7. The number of nitrogens with zero attached hydrogens (tertiary/aromatic N) is 1. The minimum Gasteiger partial charge on any atom is -0.377 e. The van der Waals surface area contributed by atoms with E-state index in [1.165, 1.54) is 6.07 Å². The fourth-order valence-electron chi connectivity index (χ4n) is 2.27. The number of rotatable bonds is 5. The molecule has 1 aromatic heterocycles. The van der Waals surface area contributed by atoms with Crippen molar-refractivity contribution < 1.29 is 22.7 Å². The van der Waals surface area contributed by atoms with E-state index < -0.39 is 10.0 Å². The quantitative estimate of drug-likeness (QED) is 0.805. The predicted octanol–water partition coefficient (Wildman–Crippen LogP) is -0.190. The summed E-state index contributed by atoms with van der Waals surface area (Å²) >= 11 is 1.02. The van der Waals surface area contributed by atoms with Gasteiger partial charge in [-0.3, -0.25) is 4.79 Å². The van der Waals surface area contributed by atoms with Gasteiger partial charge in [0.1, 0.15) is 16.4 Å². The van der Waals surface area contributed by atoms with Crippen molar-refractivity contribution in [2.45, 2.75) is 22.8 Å². The molecule has 7 nitrogen and oxygen atoms in total. The Morgan fingerprint density at radius 3 is 2.33 bits per heavy atom. The maximum absolute atomic E-state index is 12.2. The lowest BCUT2D eigenvalue weighted by Gasteiger charge is -2.15. The lowest BCUT2D eigenvalue weighted by Crippen LogP contribution is -2.31. The second kappa shape index (κ2) is 6.41. The van der Waals surface area contributed by atoms with Crippen LogP contribution in [0.15, 0.2) is 16.3 Å². The Morgan fingerprint density at radius 2 is 1.90 bits per heavy atom. The molecule has 0 bridgehead atoms. The molecule has 9 heteroatoms. The van der Waals surface area contributed by atoms with Crippen molar-refractivity contribution in [2.24, 2.45) is 5.14 Å². The van der Waals surface area contributed by atoms with Gasteiger partial charge in [0.25, 0.3) is 0 Å². The van der Waals surface area contributed by atoms with Crippen LogP contribution in [0.25, 0.3) is 0 Å². The second-order valence-corrected chi connectivity index (χ2v) is 7.75. The SMILES string of the molecule is COC1CN(C(=O)Cc2ccc(S(N)(=O)=O)s2)CC1OC. The maximum atomic E-state index is 12.2. The summed E-state index contributed by atoms with van der Waals surface area (Å²) in [5, 5.41) is 5.05. The Morgan fingerprint density at radius 1 is 1.33 bits per heavy atom. The van der Waals surface area contributed by atoms with Gasteiger partial charge >= 0.3 is 0 Å². The highest BCUT2D eigenvalue weighted by Gasteiger charge is 2.35. The fourth-order valence-corrected chi connectivity index (χ4v) is 4.04. The molecule has 1 aliphatic rings. The molecule has 2 heterocycles. The van der Waals surface area contributed by atoms with Crippen molar-refractivity contribution in [1.29, 1.82) is 0 Å². The Labute approximate surface area is 127 Å². The Balaban J connectivity index is 2.01. The largest absolute Gasteiger partial charge is 0.377 e. The van der Waals surface area contributed by atoms with Gasteiger partial charge in [-0.15, -0.1) is 11.3 Å². The number of nitrogens with two attached hydrogens (primary N) is 1. The molecule has 2 rings (SSSR count). The van der Waals surface area contributed by atoms with Gasteiger partial charge in [0, 0.05) is 32.2 Å². The average molecular weight is 334 g/mol. The van der Waals surface area contributed by atoms with Gasteiger partial charge in [-0.1, -0.05) is 0 Å². The van der Waals surface area contributed by atoms with Crippen molar-refractivity contribution in [3.8, 4) is 0 Å². The molecule has 0 radical (unpaired) electrons. The number of primary sulfonamides is 1. The molecule has 1 aliphatic heterocycles. The molecule has 0 saturated carbocycles. The van der Waals surface area contributed by atoms with E-state index in [1.54, 1.807) is 25.2 Å². The molecule has 0 aromatic carbocycles. The smallest absolute Gasteiger partial charge is 0.247 e. The molecule has 21 heavy (non-hydrogen) atoms. The summed E-state index contributed by atoms with van der Waals surface area (Å²) in [6.07, 6.45) is -0.128. The van der Waals surface area contributed by atoms with Gasteiger partial charge < -0.3 is 14.4 Å². The second-order valence-electron chi connectivity index (χ2n) is 4.79. The van der Waals surface area contributed by atoms with Gasteiger partial charge in [0.05, 0.1) is 6.42 Å². The third kappa shape index (κ3) is 3.80. The van der Waals surface area contributed by atoms with Gasteiger partial charge in [-0.25, -0.2) is 13.6 Å². The third-order valence-electron chi connectivity index (χ3n) is 3.42. The lowest BCUT2D eigenvalue weighted by molar-refractivity contribution is -0.130. The van der Waals surface area contributed by atoms with Gasteiger partial charge in [-0.05, 0) is 12.1 Å². The highest BCUT2D eigenvalue weighted by molar-refractivity contribution is 7.91. The minimum absolute atomic E-state index is 0.0660. The Hall–Kier alpha value is -1.00. The van der Waals surface area contributed by atoms with Crippen molar-refractivity contribution >= 4 is 27.3 Å². The lowest BCUT2D eigenvalue weighted by atomic mass is 10.3. The number of hydrogen-bond acceptors (Lipinski definition) is 6. The van der Waals surface area contributed by atoms with E-state index in [0.717, 1.165) is 11.3 Å². The average Bonchev–Trinajstić information content (AvgIpc) is 3.03. The zero-order chi connectivity index (χ0) is 15.6. The summed E-state index contributed by atoms with van der Waals surface area (Å²) < 4.78 is 33.1. The Kier molecular flexibility index (Phi) is 4.99. The predicted molar refractivity (Wildman–Crippen MR) is 77.6 cm³/mol. The van der Waals surface area contributed by atoms with Crippen LogP contribution in [0.4, 0.5) is 0 Å². The van der Waals surface area contributed by atoms with Crippen LogP contribution in [0.2, 0.25) is 0 Å². The first-order chi connectivity index (χ1) is 9.85. The maximum Gasteiger partial charge on any atom is 0.247 e. The van der Waals surface area contributed by atoms with E-state index in [-0.39, 0.29) is 28.7 Å². The van der Waals surface area contributed by atoms with Crippen molar-refractivity contribution in [3.05, 3.63) is 17.0 Å². The zero-order valence-electron chi connectivity index (χ0n) is 11.8. The van der Waals surface area contributed by atoms with Crippen LogP contribution in [0, 0.1) is 0 Å². The first-order valence-corrected chi connectivity index (χ1v) is 8.66. The molecule has 118 valence electrons. The van der Waals surface area contributed by atoms with E-state index in [2.05, 4.69) is 0 Å². The van der Waals surface area contributed by atoms with E-state index in [1.807, 2.05) is 0 Å². The number of carbonyl (C=O) groups is 1. The highest BCUT2D eigenvalue weighted by Crippen LogP contribution is 2.22. The molecule has 2 N–H and O–H groups in total. The molecule has 2 unspecified atom stereocenters. The van der Waals surface area contributed by atoms with Crippen LogP contribution in [-0.4, -0.2) is 58.7 Å². The standard InChI is InChI=1S/C12H18N2O5S2/c1-18-9-6-14(7-10(9)19-2)11(15)5-8-3-4-12(20-8)21(13,16)17/h3-4,9-10H,5-7H2,1-2H3,(H2,13,16,17). The molecule has 1 amide bonds. The van der Waals surface area contributed by atoms with Crippen LogP contribution >= 0.6 is 11.3 Å². The number of thiophene rings is 1. The van der Waals surface area contributed by atoms with Crippen molar-refractivity contribution in [2.75, 3.05) is 27.3 Å². The topological polar surface area (TPSA) is 98.9 Å². The summed E-state index contributed by atoms with van der Waals surface area (Å²) in [5.41, 5.74) is 0. The van der Waals surface area contributed by atoms with Gasteiger partial charge in [-0.2, -0.15) is 0 Å². The first kappa shape index (κ1) is 16.4. The highest BCUT2D eigenvalue weighted by atomic mass is 32.2. The number of ether oxygens (including phenoxy) is 2. The summed E-state index contributed by atoms with van der Waals surface area (Å²) in [4.78, 5) is 14.6. The van der Waals surface area contributed by atoms with E-state index in [9.17, 15) is 13.2 Å². The van der Waals surface area contributed by atoms with Crippen LogP contribution in [-0.2, 0) is 30.7 Å². The summed E-state index contributed by atoms with van der Waals surface area (Å²) in [5.74, 6) is -0.0839. The molecule has 1 aromatic rings. The molecule has 1 saturated heterocycles. The summed E-state index contributed by atoms with van der Waals surface area (Å²) in [7, 11) is -0.537. The molecular weight excluding hydrogens is 316 g/mol. The molecule has 0 spiro atoms. The number of amides is 1. The zero-order valence-corrected chi connectivity index (χ0v) is 13.4. The molecule has 1 fully saturated rings. The van der Waals surface area contributed by atoms with E-state index >= 15 is 0 Å². The summed E-state index contributed by atoms with van der Waals surface area (Å²) in [6, 6.07) is 3.03. The van der Waals surface area contributed by atoms with E-state index in [4.69, 9.17) is 14.6 Å². The van der Waals surface area contributed by atoms with E-state index in [0.29, 0.717) is 18.0 Å². The van der Waals surface area contributed by atoms with Crippen molar-refractivity contribution in [1.82, 2.24) is 4.90 Å². The number of methoxy groups -OCH3 is 2. The van der Waals surface area contributed by atoms with Crippen LogP contribution in [0.1, 0.15) is 4.88 Å². The van der Waals surface area contributed by atoms with Crippen molar-refractivity contribution in [3.63, 3.8) is 0 Å². The summed E-state index contributed by atoms with van der Waals surface area (Å²) in [6.45, 7) is 0.947. The number of sulfonamides is 1. The molecule has 2 atom stereocenters. The van der Waals surface area contributed by atoms with Gasteiger partial charge in [0.15, 0.2) is 0 Å². The Bertz CT molecular complexity index is 601. The van der Waals surface area contributed by atoms with Crippen LogP contribution in [0.3, 0.4) is 0 Å².